The first-order valence-corrected chi connectivity index (χ1v) is 13.6. The number of thiophene rings is 1. The lowest BCUT2D eigenvalue weighted by Gasteiger charge is -2.43. The summed E-state index contributed by atoms with van der Waals surface area (Å²) in [5, 5.41) is 3.09. The molecule has 3 heterocycles. The molecule has 1 atom stereocenters. The van der Waals surface area contributed by atoms with E-state index in [-0.39, 0.29) is 17.5 Å². The number of halogens is 1. The van der Waals surface area contributed by atoms with Gasteiger partial charge in [0.25, 0.3) is 5.91 Å². The number of sulfone groups is 1. The van der Waals surface area contributed by atoms with Gasteiger partial charge in [-0.25, -0.2) is 13.4 Å². The van der Waals surface area contributed by atoms with Gasteiger partial charge in [-0.15, -0.1) is 11.3 Å². The summed E-state index contributed by atoms with van der Waals surface area (Å²) in [5.41, 5.74) is 6.06. The number of hydrogen-bond donors (Lipinski definition) is 2. The molecular formula is C22H27ClN4O3S2. The van der Waals surface area contributed by atoms with Gasteiger partial charge in [0, 0.05) is 5.69 Å². The van der Waals surface area contributed by atoms with Crippen molar-refractivity contribution in [2.45, 2.75) is 62.7 Å². The number of nitrogens with one attached hydrogen (secondary N) is 1. The van der Waals surface area contributed by atoms with Gasteiger partial charge in [0.2, 0.25) is 0 Å². The topological polar surface area (TPSA) is 115 Å². The lowest BCUT2D eigenvalue weighted by atomic mass is 9.86. The molecule has 172 valence electrons. The Bertz CT molecular complexity index is 1190. The minimum Gasteiger partial charge on any atom is -0.386 e. The average molecular weight is 495 g/mol. The number of carbonyl (C=O) groups excluding carboxylic acids is 1. The Balaban J connectivity index is 1.65. The number of hydrogen-bond acceptors (Lipinski definition) is 7. The molecule has 0 saturated heterocycles. The van der Waals surface area contributed by atoms with Crippen LogP contribution in [-0.4, -0.2) is 35.6 Å². The molecule has 10 heteroatoms. The van der Waals surface area contributed by atoms with Crippen molar-refractivity contribution in [3.05, 3.63) is 44.7 Å². The van der Waals surface area contributed by atoms with Crippen LogP contribution in [0.5, 0.6) is 0 Å². The number of anilines is 1. The van der Waals surface area contributed by atoms with Gasteiger partial charge in [0.1, 0.15) is 21.9 Å². The first-order chi connectivity index (χ1) is 15.1. The molecule has 2 aliphatic rings. The number of aromatic nitrogens is 1. The quantitative estimate of drug-likeness (QED) is 0.657. The number of aliphatic imine (C=N–C) groups is 1. The van der Waals surface area contributed by atoms with Crippen LogP contribution in [0.3, 0.4) is 0 Å². The number of pyridine rings is 1. The van der Waals surface area contributed by atoms with Crippen molar-refractivity contribution in [2.75, 3.05) is 11.1 Å². The van der Waals surface area contributed by atoms with Crippen molar-refractivity contribution in [1.82, 2.24) is 4.98 Å². The van der Waals surface area contributed by atoms with E-state index in [0.717, 1.165) is 42.7 Å². The van der Waals surface area contributed by atoms with E-state index in [2.05, 4.69) is 10.3 Å². The van der Waals surface area contributed by atoms with Crippen molar-refractivity contribution >= 4 is 50.3 Å². The van der Waals surface area contributed by atoms with Crippen LogP contribution in [0.25, 0.3) is 0 Å². The summed E-state index contributed by atoms with van der Waals surface area (Å²) in [5.74, 6) is 0.0875. The van der Waals surface area contributed by atoms with E-state index in [9.17, 15) is 13.2 Å². The number of amides is 1. The lowest BCUT2D eigenvalue weighted by Crippen LogP contribution is -2.58. The summed E-state index contributed by atoms with van der Waals surface area (Å²) < 4.78 is 25.8. The van der Waals surface area contributed by atoms with Gasteiger partial charge in [0.05, 0.1) is 20.5 Å². The maximum absolute atomic E-state index is 13.4. The Kier molecular flexibility index (Phi) is 6.11. The minimum atomic E-state index is -3.55. The highest BCUT2D eigenvalue weighted by Crippen LogP contribution is 2.47. The normalized spacial score (nSPS) is 24.2. The molecule has 32 heavy (non-hydrogen) atoms. The molecule has 0 bridgehead atoms. The van der Waals surface area contributed by atoms with Crippen LogP contribution in [0.2, 0.25) is 5.02 Å². The molecule has 1 amide bonds. The second-order valence-electron chi connectivity index (χ2n) is 8.69. The molecule has 0 radical (unpaired) electrons. The number of nitrogens with two attached hydrogens (primary N) is 1. The monoisotopic (exact) mass is 494 g/mol. The molecule has 1 saturated carbocycles. The van der Waals surface area contributed by atoms with Crippen LogP contribution in [0, 0.1) is 0 Å². The summed E-state index contributed by atoms with van der Waals surface area (Å²) in [6.07, 6.45) is 4.43. The Morgan fingerprint density at radius 3 is 2.66 bits per heavy atom. The molecule has 3 N–H and O–H groups in total. The van der Waals surface area contributed by atoms with Crippen molar-refractivity contribution < 1.29 is 13.2 Å². The summed E-state index contributed by atoms with van der Waals surface area (Å²) in [7, 11) is -3.55. The zero-order valence-corrected chi connectivity index (χ0v) is 20.5. The number of nitrogens with zero attached hydrogens (tertiary/aromatic N) is 2. The molecule has 1 spiro atoms. The number of amidine groups is 1. The summed E-state index contributed by atoms with van der Waals surface area (Å²) >= 11 is 7.63. The second kappa shape index (κ2) is 8.43. The van der Waals surface area contributed by atoms with Gasteiger partial charge in [0.15, 0.2) is 9.84 Å². The summed E-state index contributed by atoms with van der Waals surface area (Å²) in [6, 6.07) is 6.99. The fraction of sp³-hybridized carbons (Fsp3) is 0.500. The van der Waals surface area contributed by atoms with E-state index in [0.29, 0.717) is 33.4 Å². The zero-order chi connectivity index (χ0) is 23.1. The van der Waals surface area contributed by atoms with Gasteiger partial charge in [-0.05, 0) is 44.4 Å². The van der Waals surface area contributed by atoms with Gasteiger partial charge in [-0.1, -0.05) is 43.9 Å². The van der Waals surface area contributed by atoms with E-state index in [1.807, 2.05) is 19.1 Å². The predicted molar refractivity (Wildman–Crippen MR) is 129 cm³/mol. The second-order valence-corrected chi connectivity index (χ2v) is 12.5. The molecule has 2 aromatic rings. The highest BCUT2D eigenvalue weighted by molar-refractivity contribution is 7.93. The maximum Gasteiger partial charge on any atom is 0.266 e. The van der Waals surface area contributed by atoms with Crippen molar-refractivity contribution in [3.63, 3.8) is 0 Å². The third kappa shape index (κ3) is 3.95. The SMILES string of the molecule is CCc1cccc(NC(=O)c2cc(Cl)c(C3(C)CS(=O)(=O)C4(CCCCC4)C(N)=N3)s2)n1. The Morgan fingerprint density at radius 1 is 1.28 bits per heavy atom. The van der Waals surface area contributed by atoms with E-state index in [1.54, 1.807) is 19.1 Å². The van der Waals surface area contributed by atoms with Crippen LogP contribution >= 0.6 is 22.9 Å². The smallest absolute Gasteiger partial charge is 0.266 e. The van der Waals surface area contributed by atoms with Crippen LogP contribution in [0.4, 0.5) is 5.82 Å². The Labute approximate surface area is 197 Å². The van der Waals surface area contributed by atoms with Gasteiger partial charge in [-0.3, -0.25) is 9.79 Å². The number of aryl methyl sites for hydroxylation is 1. The summed E-state index contributed by atoms with van der Waals surface area (Å²) in [6.45, 7) is 3.71. The molecule has 2 aromatic heterocycles. The highest BCUT2D eigenvalue weighted by atomic mass is 35.5. The molecule has 1 aliphatic carbocycles. The van der Waals surface area contributed by atoms with E-state index in [4.69, 9.17) is 22.3 Å². The number of rotatable bonds is 4. The highest BCUT2D eigenvalue weighted by Gasteiger charge is 2.55. The van der Waals surface area contributed by atoms with Crippen molar-refractivity contribution in [2.24, 2.45) is 10.7 Å². The van der Waals surface area contributed by atoms with Crippen LogP contribution in [-0.2, 0) is 21.8 Å². The van der Waals surface area contributed by atoms with Gasteiger partial charge >= 0.3 is 0 Å². The largest absolute Gasteiger partial charge is 0.386 e. The maximum atomic E-state index is 13.4. The number of carbonyl (C=O) groups is 1. The first-order valence-electron chi connectivity index (χ1n) is 10.8. The summed E-state index contributed by atoms with van der Waals surface area (Å²) in [4.78, 5) is 22.8. The Morgan fingerprint density at radius 2 is 2.00 bits per heavy atom. The van der Waals surface area contributed by atoms with Gasteiger partial charge in [-0.2, -0.15) is 0 Å². The molecule has 7 nitrogen and oxygen atoms in total. The first kappa shape index (κ1) is 23.2. The molecule has 1 unspecified atom stereocenters. The van der Waals surface area contributed by atoms with Crippen LogP contribution in [0.15, 0.2) is 29.3 Å². The van der Waals surface area contributed by atoms with Crippen LogP contribution < -0.4 is 11.1 Å². The standard InChI is InChI=1S/C22H27ClN4O3S2/c1-3-14-8-7-9-17(25-14)26-19(28)16-12-15(23)18(31-16)21(2)13-32(29,30)22(20(24)27-21)10-5-4-6-11-22/h7-9,12H,3-6,10-11,13H2,1-2H3,(H2,24,27)(H,25,26,28). The minimum absolute atomic E-state index is 0.169. The van der Waals surface area contributed by atoms with Crippen molar-refractivity contribution in [3.8, 4) is 0 Å². The molecular weight excluding hydrogens is 468 g/mol. The predicted octanol–water partition coefficient (Wildman–Crippen LogP) is 4.31. The van der Waals surface area contributed by atoms with Gasteiger partial charge < -0.3 is 11.1 Å². The lowest BCUT2D eigenvalue weighted by molar-refractivity contribution is 0.103. The molecule has 4 rings (SSSR count). The third-order valence-corrected chi connectivity index (χ3v) is 10.9. The van der Waals surface area contributed by atoms with E-state index in [1.165, 1.54) is 0 Å². The fourth-order valence-corrected chi connectivity index (χ4v) is 8.76. The van der Waals surface area contributed by atoms with Crippen molar-refractivity contribution in [1.29, 1.82) is 0 Å². The third-order valence-electron chi connectivity index (χ3n) is 6.37. The molecule has 1 fully saturated rings. The van der Waals surface area contributed by atoms with E-state index < -0.39 is 20.1 Å². The zero-order valence-electron chi connectivity index (χ0n) is 18.2. The molecule has 1 aliphatic heterocycles. The van der Waals surface area contributed by atoms with E-state index >= 15 is 0 Å². The van der Waals surface area contributed by atoms with Crippen LogP contribution in [0.1, 0.15) is 66.2 Å². The average Bonchev–Trinajstić information content (AvgIpc) is 3.15. The fourth-order valence-electron chi connectivity index (χ4n) is 4.65. The Hall–Kier alpha value is -1.97. The molecule has 0 aromatic carbocycles.